The van der Waals surface area contributed by atoms with Crippen LogP contribution in [-0.2, 0) is 10.0 Å². The van der Waals surface area contributed by atoms with Gasteiger partial charge < -0.3 is 5.32 Å². The minimum Gasteiger partial charge on any atom is -0.383 e. The molecule has 1 fully saturated rings. The van der Waals surface area contributed by atoms with Crippen LogP contribution in [0.15, 0.2) is 23.4 Å². The molecule has 7 heteroatoms. The van der Waals surface area contributed by atoms with Crippen molar-refractivity contribution >= 4 is 15.7 Å². The maximum absolute atomic E-state index is 12.4. The molecule has 1 unspecified atom stereocenters. The molecule has 1 atom stereocenters. The van der Waals surface area contributed by atoms with Crippen molar-refractivity contribution in [2.45, 2.75) is 43.8 Å². The van der Waals surface area contributed by atoms with E-state index in [1.165, 1.54) is 19.0 Å². The Morgan fingerprint density at radius 1 is 1.48 bits per heavy atom. The van der Waals surface area contributed by atoms with Crippen molar-refractivity contribution in [3.8, 4) is 0 Å². The van der Waals surface area contributed by atoms with E-state index < -0.39 is 10.0 Å². The molecule has 0 bridgehead atoms. The maximum Gasteiger partial charge on any atom is 0.260 e. The van der Waals surface area contributed by atoms with Gasteiger partial charge in [0.15, 0.2) is 5.03 Å². The first-order valence-electron chi connectivity index (χ1n) is 7.36. The Balaban J connectivity index is 2.04. The van der Waals surface area contributed by atoms with E-state index in [9.17, 15) is 8.42 Å². The smallest absolute Gasteiger partial charge is 0.260 e. The fourth-order valence-electron chi connectivity index (χ4n) is 2.21. The monoisotopic (exact) mass is 312 g/mol. The molecule has 118 valence electrons. The van der Waals surface area contributed by atoms with Crippen molar-refractivity contribution < 1.29 is 8.42 Å². The maximum atomic E-state index is 12.4. The average molecular weight is 312 g/mol. The third-order valence-corrected chi connectivity index (χ3v) is 5.16. The number of nitrogens with zero attached hydrogens (tertiary/aromatic N) is 2. The number of sulfonamides is 1. The average Bonchev–Trinajstić information content (AvgIpc) is 3.29. The summed E-state index contributed by atoms with van der Waals surface area (Å²) >= 11 is 0. The summed E-state index contributed by atoms with van der Waals surface area (Å²) < 4.78 is 27.5. The van der Waals surface area contributed by atoms with E-state index in [1.807, 2.05) is 20.9 Å². The van der Waals surface area contributed by atoms with E-state index in [0.717, 1.165) is 0 Å². The van der Waals surface area contributed by atoms with Crippen molar-refractivity contribution in [1.29, 1.82) is 0 Å². The highest BCUT2D eigenvalue weighted by molar-refractivity contribution is 7.89. The van der Waals surface area contributed by atoms with Crippen LogP contribution in [0.4, 0.5) is 5.69 Å². The number of rotatable bonds is 8. The zero-order valence-electron chi connectivity index (χ0n) is 12.8. The van der Waals surface area contributed by atoms with Crippen LogP contribution in [0.2, 0.25) is 0 Å². The molecule has 1 aliphatic carbocycles. The lowest BCUT2D eigenvalue weighted by Gasteiger charge is -2.24. The standard InChI is InChI=1S/C14H24N4O2S/c1-4-15-13-6-5-9-16-14(13)21(19,20)17-10-11(2)18(3)12-7-8-12/h5-6,9,11-12,15,17H,4,7-8,10H2,1-3H3. The Hall–Kier alpha value is -1.18. The van der Waals surface area contributed by atoms with Crippen LogP contribution in [0.3, 0.4) is 0 Å². The van der Waals surface area contributed by atoms with Gasteiger partial charge in [-0.3, -0.25) is 4.90 Å². The fourth-order valence-corrected chi connectivity index (χ4v) is 3.44. The van der Waals surface area contributed by atoms with Gasteiger partial charge >= 0.3 is 0 Å². The summed E-state index contributed by atoms with van der Waals surface area (Å²) in [7, 11) is -1.55. The summed E-state index contributed by atoms with van der Waals surface area (Å²) in [6.45, 7) is 4.99. The predicted molar refractivity (Wildman–Crippen MR) is 83.8 cm³/mol. The highest BCUT2D eigenvalue weighted by atomic mass is 32.2. The molecule has 1 saturated carbocycles. The van der Waals surface area contributed by atoms with E-state index in [1.54, 1.807) is 12.1 Å². The Morgan fingerprint density at radius 3 is 2.81 bits per heavy atom. The largest absolute Gasteiger partial charge is 0.383 e. The molecular formula is C14H24N4O2S. The molecular weight excluding hydrogens is 288 g/mol. The number of nitrogens with one attached hydrogen (secondary N) is 2. The Morgan fingerprint density at radius 2 is 2.19 bits per heavy atom. The van der Waals surface area contributed by atoms with Gasteiger partial charge in [-0.25, -0.2) is 18.1 Å². The van der Waals surface area contributed by atoms with Crippen molar-refractivity contribution in [3.63, 3.8) is 0 Å². The summed E-state index contributed by atoms with van der Waals surface area (Å²) in [6, 6.07) is 4.22. The lowest BCUT2D eigenvalue weighted by molar-refractivity contribution is 0.248. The molecule has 0 aliphatic heterocycles. The molecule has 2 rings (SSSR count). The topological polar surface area (TPSA) is 74.3 Å². The van der Waals surface area contributed by atoms with Crippen LogP contribution >= 0.6 is 0 Å². The molecule has 1 heterocycles. The number of aromatic nitrogens is 1. The van der Waals surface area contributed by atoms with E-state index in [2.05, 4.69) is 19.9 Å². The minimum atomic E-state index is -3.60. The molecule has 21 heavy (non-hydrogen) atoms. The quantitative estimate of drug-likeness (QED) is 0.756. The van der Waals surface area contributed by atoms with Gasteiger partial charge in [0.1, 0.15) is 0 Å². The summed E-state index contributed by atoms with van der Waals surface area (Å²) in [6.07, 6.45) is 3.91. The molecule has 0 aromatic carbocycles. The third kappa shape index (κ3) is 4.15. The fraction of sp³-hybridized carbons (Fsp3) is 0.643. The van der Waals surface area contributed by atoms with Crippen LogP contribution in [0.5, 0.6) is 0 Å². The first-order chi connectivity index (χ1) is 9.95. The number of hydrogen-bond acceptors (Lipinski definition) is 5. The van der Waals surface area contributed by atoms with Crippen LogP contribution in [0.25, 0.3) is 0 Å². The molecule has 0 radical (unpaired) electrons. The van der Waals surface area contributed by atoms with Gasteiger partial charge in [-0.15, -0.1) is 0 Å². The molecule has 1 aliphatic rings. The van der Waals surface area contributed by atoms with Crippen LogP contribution < -0.4 is 10.0 Å². The number of anilines is 1. The summed E-state index contributed by atoms with van der Waals surface area (Å²) in [5.74, 6) is 0. The lowest BCUT2D eigenvalue weighted by atomic mass is 10.3. The normalized spacial score (nSPS) is 17.0. The van der Waals surface area contributed by atoms with Crippen molar-refractivity contribution in [1.82, 2.24) is 14.6 Å². The van der Waals surface area contributed by atoms with Gasteiger partial charge in [-0.05, 0) is 45.9 Å². The van der Waals surface area contributed by atoms with E-state index >= 15 is 0 Å². The summed E-state index contributed by atoms with van der Waals surface area (Å²) in [5, 5.41) is 3.09. The summed E-state index contributed by atoms with van der Waals surface area (Å²) in [5.41, 5.74) is 0.538. The number of pyridine rings is 1. The van der Waals surface area contributed by atoms with Crippen LogP contribution in [0.1, 0.15) is 26.7 Å². The molecule has 6 nitrogen and oxygen atoms in total. The van der Waals surface area contributed by atoms with Gasteiger partial charge in [0.05, 0.1) is 5.69 Å². The van der Waals surface area contributed by atoms with Crippen molar-refractivity contribution in [2.75, 3.05) is 25.5 Å². The second-order valence-electron chi connectivity index (χ2n) is 5.48. The summed E-state index contributed by atoms with van der Waals surface area (Å²) in [4.78, 5) is 6.24. The first-order valence-corrected chi connectivity index (χ1v) is 8.84. The van der Waals surface area contributed by atoms with Gasteiger partial charge in [-0.2, -0.15) is 0 Å². The third-order valence-electron chi connectivity index (χ3n) is 3.78. The first kappa shape index (κ1) is 16.2. The van der Waals surface area contributed by atoms with Gasteiger partial charge in [0, 0.05) is 31.4 Å². The predicted octanol–water partition coefficient (Wildman–Crippen LogP) is 1.27. The Labute approximate surface area is 127 Å². The highest BCUT2D eigenvalue weighted by Crippen LogP contribution is 2.26. The molecule has 0 spiro atoms. The van der Waals surface area contributed by atoms with Crippen molar-refractivity contribution in [2.24, 2.45) is 0 Å². The van der Waals surface area contributed by atoms with E-state index in [0.29, 0.717) is 24.8 Å². The van der Waals surface area contributed by atoms with Crippen molar-refractivity contribution in [3.05, 3.63) is 18.3 Å². The van der Waals surface area contributed by atoms with Gasteiger partial charge in [-0.1, -0.05) is 0 Å². The molecule has 0 saturated heterocycles. The highest BCUT2D eigenvalue weighted by Gasteiger charge is 2.30. The van der Waals surface area contributed by atoms with Gasteiger partial charge in [0.25, 0.3) is 10.0 Å². The number of likely N-dealkylation sites (N-methyl/N-ethyl adjacent to an activating group) is 1. The molecule has 0 amide bonds. The van der Waals surface area contributed by atoms with Crippen LogP contribution in [0, 0.1) is 0 Å². The second kappa shape index (κ2) is 6.72. The van der Waals surface area contributed by atoms with Crippen LogP contribution in [-0.4, -0.2) is 50.5 Å². The number of hydrogen-bond donors (Lipinski definition) is 2. The molecule has 2 N–H and O–H groups in total. The Bertz CT molecular complexity index is 572. The SMILES string of the molecule is CCNc1cccnc1S(=O)(=O)NCC(C)N(C)C1CC1. The Kier molecular flexibility index (Phi) is 5.18. The van der Waals surface area contributed by atoms with Gasteiger partial charge in [0.2, 0.25) is 0 Å². The lowest BCUT2D eigenvalue weighted by Crippen LogP contribution is -2.41. The van der Waals surface area contributed by atoms with E-state index in [4.69, 9.17) is 0 Å². The molecule has 1 aromatic rings. The zero-order valence-corrected chi connectivity index (χ0v) is 13.7. The molecule has 1 aromatic heterocycles. The van der Waals surface area contributed by atoms with E-state index in [-0.39, 0.29) is 11.1 Å². The zero-order chi connectivity index (χ0) is 15.5. The second-order valence-corrected chi connectivity index (χ2v) is 7.17. The minimum absolute atomic E-state index is 0.0631.